The lowest BCUT2D eigenvalue weighted by Gasteiger charge is -2.27. The average Bonchev–Trinajstić information content (AvgIpc) is 3.05. The molecule has 0 radical (unpaired) electrons. The lowest BCUT2D eigenvalue weighted by atomic mass is 10.0. The van der Waals surface area contributed by atoms with Crippen LogP contribution in [0.1, 0.15) is 27.2 Å². The summed E-state index contributed by atoms with van der Waals surface area (Å²) in [5, 5.41) is 2.84. The van der Waals surface area contributed by atoms with Crippen LogP contribution in [0.3, 0.4) is 0 Å². The van der Waals surface area contributed by atoms with Gasteiger partial charge in [-0.3, -0.25) is 9.69 Å². The third kappa shape index (κ3) is 4.90. The van der Waals surface area contributed by atoms with Gasteiger partial charge in [-0.15, -0.1) is 0 Å². The molecule has 30 heavy (non-hydrogen) atoms. The van der Waals surface area contributed by atoms with Crippen molar-refractivity contribution in [2.24, 2.45) is 0 Å². The summed E-state index contributed by atoms with van der Waals surface area (Å²) in [6.45, 7) is 4.78. The predicted octanol–water partition coefficient (Wildman–Crippen LogP) is 5.43. The molecule has 1 aliphatic rings. The van der Waals surface area contributed by atoms with Crippen molar-refractivity contribution >= 4 is 29.3 Å². The van der Waals surface area contributed by atoms with Crippen LogP contribution in [0.5, 0.6) is 0 Å². The Labute approximate surface area is 179 Å². The molecule has 0 saturated carbocycles. The van der Waals surface area contributed by atoms with Gasteiger partial charge in [0.25, 0.3) is 0 Å². The molecule has 2 aromatic rings. The van der Waals surface area contributed by atoms with Gasteiger partial charge in [0, 0.05) is 22.6 Å². The summed E-state index contributed by atoms with van der Waals surface area (Å²) in [6, 6.07) is 10.2. The van der Waals surface area contributed by atoms with Crippen molar-refractivity contribution in [3.63, 3.8) is 0 Å². The van der Waals surface area contributed by atoms with E-state index in [1.54, 1.807) is 57.2 Å². The molecule has 2 unspecified atom stereocenters. The first-order valence-electron chi connectivity index (χ1n) is 9.55. The summed E-state index contributed by atoms with van der Waals surface area (Å²) < 4.78 is 34.4. The van der Waals surface area contributed by atoms with E-state index in [9.17, 15) is 14.0 Å². The first kappa shape index (κ1) is 22.0. The van der Waals surface area contributed by atoms with E-state index < -0.39 is 35.6 Å². The molecule has 2 atom stereocenters. The molecule has 0 aliphatic carbocycles. The molecule has 1 aliphatic heterocycles. The Morgan fingerprint density at radius 3 is 2.47 bits per heavy atom. The molecule has 160 valence electrons. The molecule has 1 fully saturated rings. The predicted molar refractivity (Wildman–Crippen MR) is 112 cm³/mol. The monoisotopic (exact) mass is 436 g/mol. The fraction of sp³-hybridized carbons (Fsp3) is 0.364. The maximum absolute atomic E-state index is 15.1. The third-order valence-electron chi connectivity index (χ3n) is 4.60. The first-order chi connectivity index (χ1) is 14.1. The molecule has 3 rings (SSSR count). The minimum atomic E-state index is -1.37. The number of ether oxygens (including phenoxy) is 1. The van der Waals surface area contributed by atoms with E-state index in [2.05, 4.69) is 5.32 Å². The summed E-state index contributed by atoms with van der Waals surface area (Å²) in [6.07, 6.45) is -2.34. The topological polar surface area (TPSA) is 58.6 Å². The number of nitrogens with one attached hydrogen (secondary N) is 1. The number of rotatable bonds is 3. The standard InChI is InChI=1S/C22H23ClF2N2O3/c1-22(2,3)30-21(29)27-12-13(24)11-18(27)20(28)26-17-10-6-8-15(19(17)25)14-7-4-5-9-16(14)23/h4-10,13,18H,11-12H2,1-3H3,(H,26,28). The van der Waals surface area contributed by atoms with Gasteiger partial charge in [-0.1, -0.05) is 41.9 Å². The van der Waals surface area contributed by atoms with E-state index in [4.69, 9.17) is 16.3 Å². The zero-order valence-corrected chi connectivity index (χ0v) is 17.7. The van der Waals surface area contributed by atoms with Gasteiger partial charge in [-0.05, 0) is 32.9 Å². The Bertz CT molecular complexity index is 962. The van der Waals surface area contributed by atoms with E-state index in [1.807, 2.05) is 0 Å². The SMILES string of the molecule is CC(C)(C)OC(=O)N1CC(F)CC1C(=O)Nc1cccc(-c2ccccc2Cl)c1F. The van der Waals surface area contributed by atoms with Crippen LogP contribution in [-0.2, 0) is 9.53 Å². The molecule has 0 aromatic heterocycles. The number of likely N-dealkylation sites (tertiary alicyclic amines) is 1. The number of benzene rings is 2. The normalized spacial score (nSPS) is 18.9. The largest absolute Gasteiger partial charge is 0.444 e. The second-order valence-corrected chi connectivity index (χ2v) is 8.52. The number of anilines is 1. The van der Waals surface area contributed by atoms with Crippen LogP contribution in [0.2, 0.25) is 5.02 Å². The van der Waals surface area contributed by atoms with Gasteiger partial charge in [0.1, 0.15) is 17.8 Å². The van der Waals surface area contributed by atoms with Gasteiger partial charge in [0.05, 0.1) is 12.2 Å². The van der Waals surface area contributed by atoms with Crippen LogP contribution < -0.4 is 5.32 Å². The molecule has 0 bridgehead atoms. The van der Waals surface area contributed by atoms with Crippen LogP contribution in [0, 0.1) is 5.82 Å². The van der Waals surface area contributed by atoms with Gasteiger partial charge in [0.2, 0.25) is 5.91 Å². The second-order valence-electron chi connectivity index (χ2n) is 8.12. The van der Waals surface area contributed by atoms with Crippen molar-refractivity contribution in [3.05, 3.63) is 53.3 Å². The van der Waals surface area contributed by atoms with Crippen molar-refractivity contribution in [1.29, 1.82) is 0 Å². The highest BCUT2D eigenvalue weighted by Crippen LogP contribution is 2.33. The van der Waals surface area contributed by atoms with Crippen LogP contribution >= 0.6 is 11.6 Å². The number of halogens is 3. The molecule has 1 heterocycles. The number of carbonyl (C=O) groups excluding carboxylic acids is 2. The molecular weight excluding hydrogens is 414 g/mol. The Morgan fingerprint density at radius 2 is 1.80 bits per heavy atom. The number of hydrogen-bond donors (Lipinski definition) is 1. The quantitative estimate of drug-likeness (QED) is 0.697. The minimum absolute atomic E-state index is 0.0798. The van der Waals surface area contributed by atoms with Gasteiger partial charge in [0.15, 0.2) is 5.82 Å². The van der Waals surface area contributed by atoms with Gasteiger partial charge in [-0.25, -0.2) is 13.6 Å². The summed E-state index contributed by atoms with van der Waals surface area (Å²) in [5.41, 5.74) is -0.170. The number of alkyl halides is 1. The smallest absolute Gasteiger partial charge is 0.411 e. The van der Waals surface area contributed by atoms with E-state index >= 15 is 4.39 Å². The van der Waals surface area contributed by atoms with Crippen LogP contribution in [0.15, 0.2) is 42.5 Å². The van der Waals surface area contributed by atoms with E-state index in [0.717, 1.165) is 4.90 Å². The zero-order chi connectivity index (χ0) is 22.1. The van der Waals surface area contributed by atoms with Crippen molar-refractivity contribution in [1.82, 2.24) is 4.90 Å². The van der Waals surface area contributed by atoms with Crippen molar-refractivity contribution < 1.29 is 23.1 Å². The van der Waals surface area contributed by atoms with Gasteiger partial charge in [-0.2, -0.15) is 0 Å². The molecule has 0 spiro atoms. The highest BCUT2D eigenvalue weighted by Gasteiger charge is 2.42. The van der Waals surface area contributed by atoms with Gasteiger partial charge >= 0.3 is 6.09 Å². The fourth-order valence-corrected chi connectivity index (χ4v) is 3.53. The van der Waals surface area contributed by atoms with Crippen molar-refractivity contribution in [2.45, 2.75) is 45.0 Å². The molecule has 5 nitrogen and oxygen atoms in total. The fourth-order valence-electron chi connectivity index (χ4n) is 3.29. The lowest BCUT2D eigenvalue weighted by Crippen LogP contribution is -2.45. The van der Waals surface area contributed by atoms with E-state index in [0.29, 0.717) is 10.6 Å². The average molecular weight is 437 g/mol. The van der Waals surface area contributed by atoms with Crippen LogP contribution in [0.4, 0.5) is 19.3 Å². The summed E-state index contributed by atoms with van der Waals surface area (Å²) >= 11 is 6.16. The van der Waals surface area contributed by atoms with E-state index in [-0.39, 0.29) is 24.2 Å². The molecule has 1 saturated heterocycles. The number of nitrogens with zero attached hydrogens (tertiary/aromatic N) is 1. The Balaban J connectivity index is 1.82. The van der Waals surface area contributed by atoms with E-state index in [1.165, 1.54) is 6.07 Å². The van der Waals surface area contributed by atoms with Gasteiger partial charge < -0.3 is 10.1 Å². The number of carbonyl (C=O) groups is 2. The van der Waals surface area contributed by atoms with Crippen LogP contribution in [-0.4, -0.2) is 41.3 Å². The highest BCUT2D eigenvalue weighted by atomic mass is 35.5. The maximum atomic E-state index is 15.1. The van der Waals surface area contributed by atoms with Crippen LogP contribution in [0.25, 0.3) is 11.1 Å². The zero-order valence-electron chi connectivity index (χ0n) is 16.9. The molecule has 1 N–H and O–H groups in total. The Kier molecular flexibility index (Phi) is 6.31. The van der Waals surface area contributed by atoms with Crippen molar-refractivity contribution in [3.8, 4) is 11.1 Å². The Hall–Kier alpha value is -2.67. The first-order valence-corrected chi connectivity index (χ1v) is 9.92. The minimum Gasteiger partial charge on any atom is -0.444 e. The maximum Gasteiger partial charge on any atom is 0.411 e. The highest BCUT2D eigenvalue weighted by molar-refractivity contribution is 6.33. The lowest BCUT2D eigenvalue weighted by molar-refractivity contribution is -0.120. The van der Waals surface area contributed by atoms with Crippen molar-refractivity contribution in [2.75, 3.05) is 11.9 Å². The molecular formula is C22H23ClF2N2O3. The Morgan fingerprint density at radius 1 is 1.13 bits per heavy atom. The molecule has 8 heteroatoms. The molecule has 2 amide bonds. The summed E-state index contributed by atoms with van der Waals surface area (Å²) in [7, 11) is 0. The second kappa shape index (κ2) is 8.60. The number of hydrogen-bond acceptors (Lipinski definition) is 3. The summed E-state index contributed by atoms with van der Waals surface area (Å²) in [5.74, 6) is -1.35. The third-order valence-corrected chi connectivity index (χ3v) is 4.93. The number of amides is 2. The molecule has 2 aromatic carbocycles. The summed E-state index contributed by atoms with van der Waals surface area (Å²) in [4.78, 5) is 26.2.